The Kier molecular flexibility index (Phi) is 5.67. The van der Waals surface area contributed by atoms with E-state index in [-0.39, 0.29) is 21.8 Å². The Bertz CT molecular complexity index is 1390. The van der Waals surface area contributed by atoms with Crippen molar-refractivity contribution in [3.05, 3.63) is 58.7 Å². The van der Waals surface area contributed by atoms with Crippen molar-refractivity contribution in [1.29, 1.82) is 0 Å². The summed E-state index contributed by atoms with van der Waals surface area (Å²) < 4.78 is 33.2. The van der Waals surface area contributed by atoms with Gasteiger partial charge in [-0.05, 0) is 30.3 Å². The van der Waals surface area contributed by atoms with E-state index in [4.69, 9.17) is 16.3 Å². The maximum Gasteiger partial charge on any atom is 0.273 e. The fraction of sp³-hybridized carbons (Fsp3) is 0.0556. The Morgan fingerprint density at radius 1 is 1.06 bits per heavy atom. The third kappa shape index (κ3) is 4.71. The first-order valence-corrected chi connectivity index (χ1v) is 11.3. The maximum atomic E-state index is 12.4. The first-order chi connectivity index (χ1) is 14.8. The monoisotopic (exact) mass is 476 g/mol. The standard InChI is InChI=1S/C18H13ClN6O4S2/c1-20-17(26)14-9-11(6-7-21-14)29-10-2-3-12-13(8-10)23-24-18(22-12)25-31(27,28)16-5-4-15(19)30-16/h2-9H,1H3,(H,20,26)(H,22,24,25). The van der Waals surface area contributed by atoms with Gasteiger partial charge in [-0.1, -0.05) is 11.6 Å². The lowest BCUT2D eigenvalue weighted by molar-refractivity contribution is 0.0958. The van der Waals surface area contributed by atoms with E-state index < -0.39 is 10.0 Å². The van der Waals surface area contributed by atoms with E-state index in [1.807, 2.05) is 0 Å². The van der Waals surface area contributed by atoms with Crippen LogP contribution in [0.25, 0.3) is 11.0 Å². The van der Waals surface area contributed by atoms with E-state index in [0.717, 1.165) is 11.3 Å². The van der Waals surface area contributed by atoms with Gasteiger partial charge in [-0.15, -0.1) is 21.5 Å². The number of ether oxygens (including phenoxy) is 1. The number of fused-ring (bicyclic) bond motifs is 1. The molecule has 0 aliphatic rings. The summed E-state index contributed by atoms with van der Waals surface area (Å²) >= 11 is 6.72. The number of benzene rings is 1. The number of sulfonamides is 1. The molecule has 0 spiro atoms. The van der Waals surface area contributed by atoms with Crippen LogP contribution in [-0.2, 0) is 10.0 Å². The third-order valence-electron chi connectivity index (χ3n) is 3.89. The van der Waals surface area contributed by atoms with Gasteiger partial charge in [0, 0.05) is 25.4 Å². The van der Waals surface area contributed by atoms with E-state index in [9.17, 15) is 13.2 Å². The smallest absolute Gasteiger partial charge is 0.273 e. The third-order valence-corrected chi connectivity index (χ3v) is 6.94. The Morgan fingerprint density at radius 3 is 2.61 bits per heavy atom. The second-order valence-corrected chi connectivity index (χ2v) is 9.63. The minimum absolute atomic E-state index is 0.0402. The number of rotatable bonds is 6. The molecule has 0 unspecified atom stereocenters. The molecule has 3 aromatic heterocycles. The van der Waals surface area contributed by atoms with Crippen molar-refractivity contribution in [3.63, 3.8) is 0 Å². The molecule has 1 aromatic carbocycles. The first kappa shape index (κ1) is 20.9. The number of aromatic nitrogens is 4. The highest BCUT2D eigenvalue weighted by atomic mass is 35.5. The Labute approximate surface area is 185 Å². The minimum Gasteiger partial charge on any atom is -0.457 e. The van der Waals surface area contributed by atoms with E-state index in [2.05, 4.69) is 30.2 Å². The van der Waals surface area contributed by atoms with E-state index >= 15 is 0 Å². The predicted octanol–water partition coefficient (Wildman–Crippen LogP) is 3.09. The number of nitrogens with one attached hydrogen (secondary N) is 2. The average molecular weight is 477 g/mol. The molecule has 0 radical (unpaired) electrons. The van der Waals surface area contributed by atoms with Crippen LogP contribution in [0.1, 0.15) is 10.5 Å². The van der Waals surface area contributed by atoms with E-state index in [1.165, 1.54) is 31.4 Å². The molecule has 158 valence electrons. The van der Waals surface area contributed by atoms with Gasteiger partial charge in [-0.25, -0.2) is 18.1 Å². The van der Waals surface area contributed by atoms with Crippen LogP contribution >= 0.6 is 22.9 Å². The maximum absolute atomic E-state index is 12.4. The molecule has 0 aliphatic carbocycles. The summed E-state index contributed by atoms with van der Waals surface area (Å²) in [4.78, 5) is 19.9. The topological polar surface area (TPSA) is 136 Å². The first-order valence-electron chi connectivity index (χ1n) is 8.63. The molecule has 0 atom stereocenters. The fourth-order valence-electron chi connectivity index (χ4n) is 2.50. The van der Waals surface area contributed by atoms with Gasteiger partial charge in [0.25, 0.3) is 21.9 Å². The fourth-order valence-corrected chi connectivity index (χ4v) is 4.92. The lowest BCUT2D eigenvalue weighted by atomic mass is 10.3. The number of nitrogens with zero attached hydrogens (tertiary/aromatic N) is 4. The van der Waals surface area contributed by atoms with Crippen LogP contribution in [0.3, 0.4) is 0 Å². The highest BCUT2D eigenvalue weighted by Crippen LogP contribution is 2.27. The Balaban J connectivity index is 1.55. The number of halogens is 1. The summed E-state index contributed by atoms with van der Waals surface area (Å²) in [6.07, 6.45) is 1.46. The number of pyridine rings is 1. The van der Waals surface area contributed by atoms with Crippen LogP contribution in [0.5, 0.6) is 11.5 Å². The number of thiophene rings is 1. The van der Waals surface area contributed by atoms with Crippen molar-refractivity contribution in [2.45, 2.75) is 4.21 Å². The molecule has 0 fully saturated rings. The second-order valence-electron chi connectivity index (χ2n) is 6.01. The van der Waals surface area contributed by atoms with Crippen LogP contribution in [0.2, 0.25) is 4.34 Å². The zero-order valence-corrected chi connectivity index (χ0v) is 18.1. The minimum atomic E-state index is -3.87. The summed E-state index contributed by atoms with van der Waals surface area (Å²) in [5, 5.41) is 10.3. The molecule has 31 heavy (non-hydrogen) atoms. The zero-order valence-electron chi connectivity index (χ0n) is 15.7. The largest absolute Gasteiger partial charge is 0.457 e. The number of carbonyl (C=O) groups is 1. The molecule has 10 nitrogen and oxygen atoms in total. The molecule has 2 N–H and O–H groups in total. The van der Waals surface area contributed by atoms with Crippen molar-refractivity contribution >= 4 is 55.8 Å². The lowest BCUT2D eigenvalue weighted by Gasteiger charge is -2.08. The highest BCUT2D eigenvalue weighted by Gasteiger charge is 2.19. The molecule has 0 bridgehead atoms. The molecular weight excluding hydrogens is 464 g/mol. The molecule has 4 rings (SSSR count). The number of anilines is 1. The molecule has 3 heterocycles. The van der Waals surface area contributed by atoms with Crippen LogP contribution in [0.4, 0.5) is 5.95 Å². The van der Waals surface area contributed by atoms with Crippen molar-refractivity contribution in [1.82, 2.24) is 25.5 Å². The molecule has 0 saturated carbocycles. The van der Waals surface area contributed by atoms with Gasteiger partial charge in [0.15, 0.2) is 0 Å². The van der Waals surface area contributed by atoms with Crippen LogP contribution in [0, 0.1) is 0 Å². The van der Waals surface area contributed by atoms with Crippen LogP contribution in [-0.4, -0.2) is 41.5 Å². The molecule has 1 amide bonds. The van der Waals surface area contributed by atoms with E-state index in [1.54, 1.807) is 24.3 Å². The van der Waals surface area contributed by atoms with Crippen molar-refractivity contribution in [2.75, 3.05) is 11.8 Å². The summed E-state index contributed by atoms with van der Waals surface area (Å²) in [5.41, 5.74) is 1.01. The van der Waals surface area contributed by atoms with Gasteiger partial charge >= 0.3 is 0 Å². The lowest BCUT2D eigenvalue weighted by Crippen LogP contribution is -2.18. The van der Waals surface area contributed by atoms with Gasteiger partial charge < -0.3 is 10.1 Å². The van der Waals surface area contributed by atoms with Gasteiger partial charge in [0.2, 0.25) is 0 Å². The summed E-state index contributed by atoms with van der Waals surface area (Å²) in [5.74, 6) is 0.334. The van der Waals surface area contributed by atoms with Crippen LogP contribution < -0.4 is 14.8 Å². The molecule has 0 aliphatic heterocycles. The van der Waals surface area contributed by atoms with E-state index in [0.29, 0.717) is 26.9 Å². The molecule has 13 heteroatoms. The van der Waals surface area contributed by atoms with Crippen LogP contribution in [0.15, 0.2) is 52.9 Å². The number of carbonyl (C=O) groups excluding carboxylic acids is 1. The second kappa shape index (κ2) is 8.41. The highest BCUT2D eigenvalue weighted by molar-refractivity contribution is 7.94. The average Bonchev–Trinajstić information content (AvgIpc) is 3.20. The number of amides is 1. The zero-order chi connectivity index (χ0) is 22.0. The summed E-state index contributed by atoms with van der Waals surface area (Å²) in [6.45, 7) is 0. The normalized spacial score (nSPS) is 11.3. The molecule has 0 saturated heterocycles. The van der Waals surface area contributed by atoms with Gasteiger partial charge in [-0.2, -0.15) is 0 Å². The van der Waals surface area contributed by atoms with Crippen molar-refractivity contribution in [3.8, 4) is 11.5 Å². The van der Waals surface area contributed by atoms with Gasteiger partial charge in [-0.3, -0.25) is 9.78 Å². The molecule has 4 aromatic rings. The molecular formula is C18H13ClN6O4S2. The van der Waals surface area contributed by atoms with Gasteiger partial charge in [0.1, 0.15) is 26.9 Å². The van der Waals surface area contributed by atoms with Crippen molar-refractivity contribution in [2.24, 2.45) is 0 Å². The summed E-state index contributed by atoms with van der Waals surface area (Å²) in [6, 6.07) is 10.8. The van der Waals surface area contributed by atoms with Gasteiger partial charge in [0.05, 0.1) is 9.85 Å². The number of hydrogen-bond acceptors (Lipinski definition) is 9. The number of hydrogen-bond donors (Lipinski definition) is 2. The SMILES string of the molecule is CNC(=O)c1cc(Oc2ccc3nc(NS(=O)(=O)c4ccc(Cl)s4)nnc3c2)ccn1. The quantitative estimate of drug-likeness (QED) is 0.433. The Hall–Kier alpha value is -3.35. The Morgan fingerprint density at radius 2 is 1.87 bits per heavy atom. The summed E-state index contributed by atoms with van der Waals surface area (Å²) in [7, 11) is -2.36. The predicted molar refractivity (Wildman–Crippen MR) is 115 cm³/mol. The van der Waals surface area contributed by atoms with Crippen molar-refractivity contribution < 1.29 is 17.9 Å².